The molecule has 0 spiro atoms. The molecule has 31 heavy (non-hydrogen) atoms. The largest absolute Gasteiger partial charge is 0.598 e. The van der Waals surface area contributed by atoms with Gasteiger partial charge in [-0.3, -0.25) is 4.98 Å². The first-order valence-electron chi connectivity index (χ1n) is 10.3. The molecule has 0 saturated carbocycles. The standard InChI is InChI=1S/C24H27N5OS/c1-24(2,3)31(30)28-21(16-17-10-7-8-14-25-17)18-11-5-6-12-19(18)22-20-13-9-15-26-23(20)29(4)27-22/h5-15,21,28H,16H2,1-4H3/t21-,31-/m0/s1. The van der Waals surface area contributed by atoms with Crippen LogP contribution in [-0.2, 0) is 24.8 Å². The lowest BCUT2D eigenvalue weighted by molar-refractivity contribution is 0.521. The first-order valence-corrected chi connectivity index (χ1v) is 11.4. The molecule has 3 heterocycles. The van der Waals surface area contributed by atoms with Crippen molar-refractivity contribution in [2.24, 2.45) is 7.05 Å². The quantitative estimate of drug-likeness (QED) is 0.457. The number of hydrogen-bond donors (Lipinski definition) is 1. The van der Waals surface area contributed by atoms with Gasteiger partial charge in [-0.15, -0.1) is 4.72 Å². The highest BCUT2D eigenvalue weighted by Gasteiger charge is 2.31. The van der Waals surface area contributed by atoms with Crippen LogP contribution in [0.25, 0.3) is 22.3 Å². The van der Waals surface area contributed by atoms with E-state index in [-0.39, 0.29) is 10.8 Å². The maximum atomic E-state index is 13.1. The normalized spacial score (nSPS) is 14.0. The highest BCUT2D eigenvalue weighted by molar-refractivity contribution is 7.90. The molecule has 2 atom stereocenters. The minimum atomic E-state index is -1.24. The second-order valence-electron chi connectivity index (χ2n) is 8.51. The van der Waals surface area contributed by atoms with E-state index in [0.717, 1.165) is 33.5 Å². The molecule has 4 rings (SSSR count). The van der Waals surface area contributed by atoms with Gasteiger partial charge in [0.25, 0.3) is 0 Å². The number of rotatable bonds is 6. The first-order chi connectivity index (χ1) is 14.8. The number of fused-ring (bicyclic) bond motifs is 1. The van der Waals surface area contributed by atoms with E-state index < -0.39 is 11.4 Å². The molecule has 1 N–H and O–H groups in total. The number of aromatic nitrogens is 4. The van der Waals surface area contributed by atoms with Crippen molar-refractivity contribution in [3.63, 3.8) is 0 Å². The third-order valence-corrected chi connectivity index (χ3v) is 6.75. The number of nitrogens with one attached hydrogen (secondary N) is 1. The average molecular weight is 434 g/mol. The van der Waals surface area contributed by atoms with E-state index in [1.54, 1.807) is 17.1 Å². The molecule has 0 unspecified atom stereocenters. The number of aryl methyl sites for hydroxylation is 1. The topological polar surface area (TPSA) is 78.7 Å². The lowest BCUT2D eigenvalue weighted by Crippen LogP contribution is -2.42. The Bertz CT molecular complexity index is 1170. The molecule has 0 aliphatic rings. The Hall–Kier alpha value is -2.74. The van der Waals surface area contributed by atoms with Crippen molar-refractivity contribution in [3.8, 4) is 11.3 Å². The predicted molar refractivity (Wildman–Crippen MR) is 126 cm³/mol. The second-order valence-corrected chi connectivity index (χ2v) is 10.5. The molecule has 0 aliphatic heterocycles. The van der Waals surface area contributed by atoms with Gasteiger partial charge in [0.05, 0.1) is 6.04 Å². The summed E-state index contributed by atoms with van der Waals surface area (Å²) in [5.41, 5.74) is 4.68. The fourth-order valence-corrected chi connectivity index (χ4v) is 4.38. The van der Waals surface area contributed by atoms with Crippen LogP contribution in [0.5, 0.6) is 0 Å². The number of pyridine rings is 2. The SMILES string of the molecule is Cn1nc(-c2ccccc2[C@H](Cc2ccccn2)N[S@@+]([O-])C(C)(C)C)c2cccnc21. The van der Waals surface area contributed by atoms with Crippen molar-refractivity contribution in [1.82, 2.24) is 24.5 Å². The molecule has 160 valence electrons. The minimum Gasteiger partial charge on any atom is -0.598 e. The summed E-state index contributed by atoms with van der Waals surface area (Å²) in [6.07, 6.45) is 4.18. The Kier molecular flexibility index (Phi) is 6.09. The zero-order chi connectivity index (χ0) is 22.0. The Balaban J connectivity index is 1.82. The van der Waals surface area contributed by atoms with Crippen molar-refractivity contribution in [2.75, 3.05) is 0 Å². The van der Waals surface area contributed by atoms with Crippen LogP contribution in [0.1, 0.15) is 38.1 Å². The van der Waals surface area contributed by atoms with Crippen molar-refractivity contribution in [3.05, 3.63) is 78.2 Å². The summed E-state index contributed by atoms with van der Waals surface area (Å²) in [5, 5.41) is 5.76. The molecule has 7 heteroatoms. The van der Waals surface area contributed by atoms with Gasteiger partial charge in [-0.25, -0.2) is 9.67 Å². The molecular weight excluding hydrogens is 406 g/mol. The van der Waals surface area contributed by atoms with Crippen LogP contribution in [-0.4, -0.2) is 29.0 Å². The van der Waals surface area contributed by atoms with E-state index in [1.807, 2.05) is 70.3 Å². The Labute approximate surface area is 186 Å². The molecule has 0 saturated heterocycles. The summed E-state index contributed by atoms with van der Waals surface area (Å²) in [5.74, 6) is 0. The third-order valence-electron chi connectivity index (χ3n) is 5.13. The van der Waals surface area contributed by atoms with E-state index in [9.17, 15) is 4.55 Å². The monoisotopic (exact) mass is 433 g/mol. The molecule has 1 aromatic carbocycles. The lowest BCUT2D eigenvalue weighted by atomic mass is 9.94. The molecule has 6 nitrogen and oxygen atoms in total. The van der Waals surface area contributed by atoms with Crippen molar-refractivity contribution in [2.45, 2.75) is 38.0 Å². The molecule has 0 bridgehead atoms. The molecule has 0 amide bonds. The fourth-order valence-electron chi connectivity index (χ4n) is 3.56. The van der Waals surface area contributed by atoms with E-state index in [4.69, 9.17) is 5.10 Å². The second kappa shape index (κ2) is 8.78. The van der Waals surface area contributed by atoms with Crippen LogP contribution >= 0.6 is 0 Å². The first kappa shape index (κ1) is 21.5. The highest BCUT2D eigenvalue weighted by Crippen LogP contribution is 2.34. The Morgan fingerprint density at radius 1 is 1.00 bits per heavy atom. The van der Waals surface area contributed by atoms with Crippen LogP contribution in [0.2, 0.25) is 0 Å². The summed E-state index contributed by atoms with van der Waals surface area (Å²) < 4.78 is 17.8. The van der Waals surface area contributed by atoms with Gasteiger partial charge < -0.3 is 4.55 Å². The summed E-state index contributed by atoms with van der Waals surface area (Å²) in [6, 6.07) is 17.8. The van der Waals surface area contributed by atoms with E-state index >= 15 is 0 Å². The van der Waals surface area contributed by atoms with Crippen molar-refractivity contribution >= 4 is 22.4 Å². The maximum Gasteiger partial charge on any atom is 0.158 e. The van der Waals surface area contributed by atoms with Gasteiger partial charge >= 0.3 is 0 Å². The molecule has 4 aromatic rings. The van der Waals surface area contributed by atoms with Crippen LogP contribution < -0.4 is 4.72 Å². The Morgan fingerprint density at radius 2 is 1.74 bits per heavy atom. The van der Waals surface area contributed by atoms with Crippen LogP contribution in [0.15, 0.2) is 67.0 Å². The molecular formula is C24H27N5OS. The predicted octanol–water partition coefficient (Wildman–Crippen LogP) is 4.37. The van der Waals surface area contributed by atoms with E-state index in [1.165, 1.54) is 0 Å². The van der Waals surface area contributed by atoms with Crippen molar-refractivity contribution < 1.29 is 4.55 Å². The minimum absolute atomic E-state index is 0.195. The van der Waals surface area contributed by atoms with E-state index in [0.29, 0.717) is 6.42 Å². The lowest BCUT2D eigenvalue weighted by Gasteiger charge is -2.29. The van der Waals surface area contributed by atoms with Crippen LogP contribution in [0, 0.1) is 0 Å². The van der Waals surface area contributed by atoms with Gasteiger partial charge in [-0.05, 0) is 50.6 Å². The van der Waals surface area contributed by atoms with Gasteiger partial charge in [0.2, 0.25) is 0 Å². The Morgan fingerprint density at radius 3 is 2.48 bits per heavy atom. The van der Waals surface area contributed by atoms with Gasteiger partial charge in [-0.1, -0.05) is 30.3 Å². The van der Waals surface area contributed by atoms with E-state index in [2.05, 4.69) is 26.8 Å². The zero-order valence-electron chi connectivity index (χ0n) is 18.2. The van der Waals surface area contributed by atoms with Crippen LogP contribution in [0.4, 0.5) is 0 Å². The van der Waals surface area contributed by atoms with Gasteiger partial charge in [0.1, 0.15) is 10.4 Å². The maximum absolute atomic E-state index is 13.1. The highest BCUT2D eigenvalue weighted by atomic mass is 32.2. The molecule has 0 fully saturated rings. The number of nitrogens with zero attached hydrogens (tertiary/aromatic N) is 4. The molecule has 3 aromatic heterocycles. The zero-order valence-corrected chi connectivity index (χ0v) is 19.1. The smallest absolute Gasteiger partial charge is 0.158 e. The number of hydrogen-bond acceptors (Lipinski definition) is 5. The summed E-state index contributed by atoms with van der Waals surface area (Å²) in [7, 11) is 1.90. The molecule has 0 aliphatic carbocycles. The average Bonchev–Trinajstić information content (AvgIpc) is 3.10. The fraction of sp³-hybridized carbons (Fsp3) is 0.292. The van der Waals surface area contributed by atoms with Crippen molar-refractivity contribution in [1.29, 1.82) is 0 Å². The van der Waals surface area contributed by atoms with Crippen LogP contribution in [0.3, 0.4) is 0 Å². The molecule has 0 radical (unpaired) electrons. The summed E-state index contributed by atoms with van der Waals surface area (Å²) in [6.45, 7) is 5.91. The van der Waals surface area contributed by atoms with Gasteiger partial charge in [0.15, 0.2) is 5.65 Å². The summed E-state index contributed by atoms with van der Waals surface area (Å²) in [4.78, 5) is 8.98. The third kappa shape index (κ3) is 4.63. The van der Waals surface area contributed by atoms with Gasteiger partial charge in [-0.2, -0.15) is 5.10 Å². The van der Waals surface area contributed by atoms with Gasteiger partial charge in [0, 0.05) is 53.9 Å². The number of benzene rings is 1. The summed E-state index contributed by atoms with van der Waals surface area (Å²) >= 11 is -1.24.